The smallest absolute Gasteiger partial charge is 0.360 e. The van der Waals surface area contributed by atoms with E-state index in [4.69, 9.17) is 9.26 Å². The van der Waals surface area contributed by atoms with Gasteiger partial charge in [0.2, 0.25) is 0 Å². The summed E-state index contributed by atoms with van der Waals surface area (Å²) in [5.41, 5.74) is 0.642. The number of rotatable bonds is 7. The number of para-hydroxylation sites is 1. The van der Waals surface area contributed by atoms with Gasteiger partial charge in [0.05, 0.1) is 17.2 Å². The maximum Gasteiger partial charge on any atom is 0.360 e. The number of hydrogen-bond donors (Lipinski definition) is 0. The van der Waals surface area contributed by atoms with Crippen LogP contribution in [0.3, 0.4) is 0 Å². The molecule has 0 aliphatic heterocycles. The van der Waals surface area contributed by atoms with Crippen LogP contribution in [0.2, 0.25) is 0 Å². The van der Waals surface area contributed by atoms with Crippen LogP contribution in [0.25, 0.3) is 10.6 Å². The molecule has 3 rings (SSSR count). The second kappa shape index (κ2) is 7.93. The molecule has 2 aromatic heterocycles. The van der Waals surface area contributed by atoms with Gasteiger partial charge in [0.1, 0.15) is 4.21 Å². The first kappa shape index (κ1) is 19.1. The van der Waals surface area contributed by atoms with Gasteiger partial charge in [0.25, 0.3) is 10.0 Å². The molecule has 0 unspecified atom stereocenters. The van der Waals surface area contributed by atoms with Crippen molar-refractivity contribution in [2.75, 3.05) is 17.5 Å². The van der Waals surface area contributed by atoms with Crippen molar-refractivity contribution >= 4 is 33.0 Å². The highest BCUT2D eigenvalue weighted by Gasteiger charge is 2.26. The molecule has 0 spiro atoms. The molecule has 7 nitrogen and oxygen atoms in total. The van der Waals surface area contributed by atoms with Gasteiger partial charge in [-0.2, -0.15) is 0 Å². The highest BCUT2D eigenvalue weighted by atomic mass is 32.2. The van der Waals surface area contributed by atoms with E-state index in [1.807, 2.05) is 6.07 Å². The van der Waals surface area contributed by atoms with Crippen molar-refractivity contribution in [1.29, 1.82) is 0 Å². The van der Waals surface area contributed by atoms with E-state index in [2.05, 4.69) is 5.16 Å². The number of benzene rings is 1. The number of hydrogen-bond acceptors (Lipinski definition) is 7. The summed E-state index contributed by atoms with van der Waals surface area (Å²) in [6, 6.07) is 13.5. The summed E-state index contributed by atoms with van der Waals surface area (Å²) >= 11 is 1.05. The monoisotopic (exact) mass is 406 g/mol. The van der Waals surface area contributed by atoms with Crippen LogP contribution < -0.4 is 4.31 Å². The lowest BCUT2D eigenvalue weighted by atomic mass is 10.3. The van der Waals surface area contributed by atoms with E-state index in [0.29, 0.717) is 22.9 Å². The Hall–Kier alpha value is -2.65. The molecule has 27 heavy (non-hydrogen) atoms. The van der Waals surface area contributed by atoms with Crippen molar-refractivity contribution < 1.29 is 22.5 Å². The van der Waals surface area contributed by atoms with Crippen LogP contribution in [0.1, 0.15) is 24.3 Å². The molecule has 0 N–H and O–H groups in total. The lowest BCUT2D eigenvalue weighted by Crippen LogP contribution is -2.30. The third kappa shape index (κ3) is 3.88. The van der Waals surface area contributed by atoms with E-state index in [9.17, 15) is 13.2 Å². The maximum atomic E-state index is 13.0. The number of anilines is 1. The predicted octanol–water partition coefficient (Wildman–Crippen LogP) is 3.80. The van der Waals surface area contributed by atoms with Gasteiger partial charge in [-0.1, -0.05) is 23.4 Å². The minimum atomic E-state index is -3.71. The molecule has 2 heterocycles. The molecule has 9 heteroatoms. The SMILES string of the molecule is CCOC(=O)c1cc(-c2ccc(S(=O)(=O)N(CC)c3ccccc3)s2)on1. The lowest BCUT2D eigenvalue weighted by molar-refractivity contribution is 0.0514. The van der Waals surface area contributed by atoms with E-state index in [1.54, 1.807) is 44.2 Å². The zero-order valence-corrected chi connectivity index (χ0v) is 16.4. The molecule has 0 saturated carbocycles. The first-order valence-electron chi connectivity index (χ1n) is 8.29. The van der Waals surface area contributed by atoms with Crippen molar-refractivity contribution in [1.82, 2.24) is 5.16 Å². The largest absolute Gasteiger partial charge is 0.461 e. The molecule has 0 aliphatic carbocycles. The average Bonchev–Trinajstić information content (AvgIpc) is 3.33. The number of ether oxygens (including phenoxy) is 1. The Morgan fingerprint density at radius 3 is 2.59 bits per heavy atom. The quantitative estimate of drug-likeness (QED) is 0.555. The van der Waals surface area contributed by atoms with Gasteiger partial charge in [-0.25, -0.2) is 13.2 Å². The highest BCUT2D eigenvalue weighted by molar-refractivity contribution is 7.94. The van der Waals surface area contributed by atoms with Crippen molar-refractivity contribution in [3.05, 3.63) is 54.2 Å². The number of aromatic nitrogens is 1. The van der Waals surface area contributed by atoms with E-state index in [-0.39, 0.29) is 16.5 Å². The third-order valence-electron chi connectivity index (χ3n) is 3.69. The molecular formula is C18H18N2O5S2. The van der Waals surface area contributed by atoms with Gasteiger partial charge in [-0.3, -0.25) is 4.31 Å². The second-order valence-corrected chi connectivity index (χ2v) is 8.59. The Bertz CT molecular complexity index is 1020. The normalized spacial score (nSPS) is 11.3. The van der Waals surface area contributed by atoms with Crippen molar-refractivity contribution in [2.45, 2.75) is 18.1 Å². The topological polar surface area (TPSA) is 89.7 Å². The fourth-order valence-corrected chi connectivity index (χ4v) is 5.32. The first-order chi connectivity index (χ1) is 13.0. The molecule has 0 atom stereocenters. The molecule has 0 bridgehead atoms. The standard InChI is InChI=1S/C18H18N2O5S2/c1-3-20(13-8-6-5-7-9-13)27(22,23)17-11-10-16(26-17)15-12-14(19-25-15)18(21)24-4-2/h5-12H,3-4H2,1-2H3. The van der Waals surface area contributed by atoms with Gasteiger partial charge in [-0.15, -0.1) is 11.3 Å². The summed E-state index contributed by atoms with van der Waals surface area (Å²) in [5.74, 6) is -0.273. The zero-order valence-electron chi connectivity index (χ0n) is 14.8. The highest BCUT2D eigenvalue weighted by Crippen LogP contribution is 2.34. The second-order valence-electron chi connectivity index (χ2n) is 5.42. The maximum absolute atomic E-state index is 13.0. The summed E-state index contributed by atoms with van der Waals surface area (Å²) in [7, 11) is -3.71. The Kier molecular flexibility index (Phi) is 5.62. The fraction of sp³-hybridized carbons (Fsp3) is 0.222. The van der Waals surface area contributed by atoms with Crippen LogP contribution in [0.15, 0.2) is 57.3 Å². The van der Waals surface area contributed by atoms with Crippen molar-refractivity contribution in [3.8, 4) is 10.6 Å². The summed E-state index contributed by atoms with van der Waals surface area (Å²) < 4.78 is 37.6. The van der Waals surface area contributed by atoms with Gasteiger partial charge in [0.15, 0.2) is 11.5 Å². The summed E-state index contributed by atoms with van der Waals surface area (Å²) in [4.78, 5) is 12.3. The number of carbonyl (C=O) groups excluding carboxylic acids is 1. The van der Waals surface area contributed by atoms with Crippen LogP contribution in [0.5, 0.6) is 0 Å². The molecule has 1 aromatic carbocycles. The van der Waals surface area contributed by atoms with Gasteiger partial charge in [-0.05, 0) is 38.1 Å². The van der Waals surface area contributed by atoms with E-state index >= 15 is 0 Å². The van der Waals surface area contributed by atoms with Crippen molar-refractivity contribution in [3.63, 3.8) is 0 Å². The predicted molar refractivity (Wildman–Crippen MR) is 102 cm³/mol. The number of esters is 1. The van der Waals surface area contributed by atoms with Crippen LogP contribution >= 0.6 is 11.3 Å². The molecule has 0 amide bonds. The zero-order chi connectivity index (χ0) is 19.4. The Morgan fingerprint density at radius 2 is 1.93 bits per heavy atom. The Balaban J connectivity index is 1.89. The molecule has 3 aromatic rings. The number of carbonyl (C=O) groups is 1. The fourth-order valence-electron chi connectivity index (χ4n) is 2.48. The Labute approximate surface area is 161 Å². The molecule has 0 saturated heterocycles. The van der Waals surface area contributed by atoms with Crippen LogP contribution in [0, 0.1) is 0 Å². The first-order valence-corrected chi connectivity index (χ1v) is 10.5. The minimum Gasteiger partial charge on any atom is -0.461 e. The van der Waals surface area contributed by atoms with Crippen LogP contribution in [-0.2, 0) is 14.8 Å². The summed E-state index contributed by atoms with van der Waals surface area (Å²) in [6.45, 7) is 4.01. The van der Waals surface area contributed by atoms with Crippen LogP contribution in [-0.4, -0.2) is 32.7 Å². The van der Waals surface area contributed by atoms with E-state index in [0.717, 1.165) is 11.3 Å². The molecule has 0 radical (unpaired) electrons. The summed E-state index contributed by atoms with van der Waals surface area (Å²) in [5, 5.41) is 3.68. The Morgan fingerprint density at radius 1 is 1.19 bits per heavy atom. The molecular weight excluding hydrogens is 388 g/mol. The van der Waals surface area contributed by atoms with Gasteiger partial charge < -0.3 is 9.26 Å². The summed E-state index contributed by atoms with van der Waals surface area (Å²) in [6.07, 6.45) is 0. The van der Waals surface area contributed by atoms with Crippen LogP contribution in [0.4, 0.5) is 5.69 Å². The van der Waals surface area contributed by atoms with Gasteiger partial charge >= 0.3 is 5.97 Å². The third-order valence-corrected chi connectivity index (χ3v) is 7.16. The molecule has 142 valence electrons. The number of sulfonamides is 1. The minimum absolute atomic E-state index is 0.0455. The average molecular weight is 406 g/mol. The number of thiophene rings is 1. The van der Waals surface area contributed by atoms with Gasteiger partial charge in [0, 0.05) is 12.6 Å². The van der Waals surface area contributed by atoms with E-state index < -0.39 is 16.0 Å². The van der Waals surface area contributed by atoms with E-state index in [1.165, 1.54) is 16.4 Å². The van der Waals surface area contributed by atoms with Crippen molar-refractivity contribution in [2.24, 2.45) is 0 Å². The molecule has 0 aliphatic rings. The molecule has 0 fully saturated rings. The number of nitrogens with zero attached hydrogens (tertiary/aromatic N) is 2. The lowest BCUT2D eigenvalue weighted by Gasteiger charge is -2.21.